The second kappa shape index (κ2) is 12.1. The first-order valence-corrected chi connectivity index (χ1v) is 12.5. The van der Waals surface area contributed by atoms with Crippen LogP contribution in [0, 0.1) is 0 Å². The molecule has 0 atom stereocenters. The molecular formula is C26H29ClO5S. The Hall–Kier alpha value is -2.44. The Morgan fingerprint density at radius 1 is 1.15 bits per heavy atom. The maximum absolute atomic E-state index is 12.2. The highest BCUT2D eigenvalue weighted by Crippen LogP contribution is 2.31. The zero-order valence-corrected chi connectivity index (χ0v) is 20.8. The Bertz CT molecular complexity index is 1170. The number of esters is 1. The first-order valence-electron chi connectivity index (χ1n) is 11.2. The van der Waals surface area contributed by atoms with Gasteiger partial charge in [-0.15, -0.1) is 11.8 Å². The van der Waals surface area contributed by atoms with Gasteiger partial charge in [-0.3, -0.25) is 4.79 Å². The Labute approximate surface area is 203 Å². The lowest BCUT2D eigenvalue weighted by Crippen LogP contribution is -2.08. The van der Waals surface area contributed by atoms with Crippen molar-refractivity contribution in [2.75, 3.05) is 19.5 Å². The molecule has 0 N–H and O–H groups in total. The van der Waals surface area contributed by atoms with Gasteiger partial charge in [0.1, 0.15) is 11.3 Å². The molecule has 1 heterocycles. The quantitative estimate of drug-likeness (QED) is 0.138. The van der Waals surface area contributed by atoms with Gasteiger partial charge < -0.3 is 13.9 Å². The Balaban J connectivity index is 1.60. The third-order valence-corrected chi connectivity index (χ3v) is 6.88. The summed E-state index contributed by atoms with van der Waals surface area (Å²) in [6, 6.07) is 11.5. The third-order valence-electron chi connectivity index (χ3n) is 5.29. The largest absolute Gasteiger partial charge is 0.493 e. The smallest absolute Gasteiger partial charge is 0.339 e. The molecule has 5 nitrogen and oxygen atoms in total. The van der Waals surface area contributed by atoms with E-state index in [4.69, 9.17) is 25.5 Å². The normalized spacial score (nSPS) is 11.0. The van der Waals surface area contributed by atoms with Crippen molar-refractivity contribution in [3.8, 4) is 5.75 Å². The number of thioether (sulfide) groups is 1. The lowest BCUT2D eigenvalue weighted by atomic mass is 10.0. The van der Waals surface area contributed by atoms with Gasteiger partial charge in [0.05, 0.1) is 25.2 Å². The van der Waals surface area contributed by atoms with Gasteiger partial charge >= 0.3 is 11.6 Å². The van der Waals surface area contributed by atoms with Crippen LogP contribution in [0.4, 0.5) is 0 Å². The summed E-state index contributed by atoms with van der Waals surface area (Å²) in [5, 5.41) is 1.56. The Morgan fingerprint density at radius 2 is 1.97 bits per heavy atom. The number of methoxy groups -OCH3 is 1. The summed E-state index contributed by atoms with van der Waals surface area (Å²) in [7, 11) is 1.37. The molecule has 3 aromatic rings. The molecule has 33 heavy (non-hydrogen) atoms. The van der Waals surface area contributed by atoms with Crippen LogP contribution in [0.1, 0.15) is 43.4 Å². The number of aryl methyl sites for hydroxylation is 2. The average Bonchev–Trinajstić information content (AvgIpc) is 2.81. The fourth-order valence-corrected chi connectivity index (χ4v) is 4.78. The Kier molecular flexibility index (Phi) is 9.27. The maximum Gasteiger partial charge on any atom is 0.339 e. The lowest BCUT2D eigenvalue weighted by molar-refractivity contribution is -0.139. The van der Waals surface area contributed by atoms with Gasteiger partial charge in [0.25, 0.3) is 0 Å². The zero-order chi connectivity index (χ0) is 23.8. The minimum absolute atomic E-state index is 0.209. The van der Waals surface area contributed by atoms with Crippen LogP contribution in [0.5, 0.6) is 5.75 Å². The minimum atomic E-state index is -0.287. The van der Waals surface area contributed by atoms with Crippen LogP contribution in [-0.4, -0.2) is 25.4 Å². The molecule has 0 amide bonds. The summed E-state index contributed by atoms with van der Waals surface area (Å²) in [4.78, 5) is 24.6. The molecule has 0 aliphatic carbocycles. The van der Waals surface area contributed by atoms with Crippen molar-refractivity contribution < 1.29 is 18.7 Å². The summed E-state index contributed by atoms with van der Waals surface area (Å²) in [6.45, 7) is 4.59. The minimum Gasteiger partial charge on any atom is -0.493 e. The molecule has 0 aliphatic heterocycles. The highest BCUT2D eigenvalue weighted by atomic mass is 35.5. The van der Waals surface area contributed by atoms with E-state index in [1.54, 1.807) is 17.8 Å². The monoisotopic (exact) mass is 488 g/mol. The molecule has 0 fully saturated rings. The molecular weight excluding hydrogens is 460 g/mol. The molecule has 176 valence electrons. The van der Waals surface area contributed by atoms with Crippen LogP contribution in [0.3, 0.4) is 0 Å². The molecule has 1 aromatic heterocycles. The number of hydrogen-bond donors (Lipinski definition) is 0. The molecule has 0 aliphatic rings. The molecule has 3 rings (SSSR count). The van der Waals surface area contributed by atoms with Crippen molar-refractivity contribution in [1.29, 1.82) is 0 Å². The van der Waals surface area contributed by atoms with Crippen molar-refractivity contribution in [3.05, 3.63) is 68.5 Å². The highest BCUT2D eigenvalue weighted by molar-refractivity contribution is 7.99. The number of ether oxygens (including phenoxy) is 2. The van der Waals surface area contributed by atoms with Crippen molar-refractivity contribution in [3.63, 3.8) is 0 Å². The van der Waals surface area contributed by atoms with E-state index in [1.165, 1.54) is 7.11 Å². The summed E-state index contributed by atoms with van der Waals surface area (Å²) < 4.78 is 16.4. The first kappa shape index (κ1) is 25.2. The van der Waals surface area contributed by atoms with Gasteiger partial charge in [0.15, 0.2) is 0 Å². The summed E-state index contributed by atoms with van der Waals surface area (Å²) in [5.41, 5.74) is 2.83. The molecule has 0 spiro atoms. The van der Waals surface area contributed by atoms with E-state index in [2.05, 4.69) is 6.92 Å². The summed E-state index contributed by atoms with van der Waals surface area (Å²) in [5.74, 6) is 1.32. The molecule has 0 radical (unpaired) electrons. The predicted molar refractivity (Wildman–Crippen MR) is 134 cm³/mol. The summed E-state index contributed by atoms with van der Waals surface area (Å²) >= 11 is 8.02. The van der Waals surface area contributed by atoms with E-state index in [1.807, 2.05) is 37.3 Å². The fourth-order valence-electron chi connectivity index (χ4n) is 3.57. The molecule has 0 saturated carbocycles. The second-order valence-corrected chi connectivity index (χ2v) is 9.24. The van der Waals surface area contributed by atoms with E-state index < -0.39 is 0 Å². The van der Waals surface area contributed by atoms with Crippen molar-refractivity contribution in [2.45, 2.75) is 50.8 Å². The van der Waals surface area contributed by atoms with E-state index in [0.29, 0.717) is 29.2 Å². The van der Waals surface area contributed by atoms with E-state index in [9.17, 15) is 9.59 Å². The number of benzene rings is 2. The lowest BCUT2D eigenvalue weighted by Gasteiger charge is -2.13. The van der Waals surface area contributed by atoms with Gasteiger partial charge in [-0.05, 0) is 55.2 Å². The Morgan fingerprint density at radius 3 is 2.67 bits per heavy atom. The molecule has 0 saturated heterocycles. The van der Waals surface area contributed by atoms with E-state index >= 15 is 0 Å². The second-order valence-electron chi connectivity index (χ2n) is 7.69. The third kappa shape index (κ3) is 6.55. The zero-order valence-electron chi connectivity index (χ0n) is 19.2. The van der Waals surface area contributed by atoms with Crippen molar-refractivity contribution >= 4 is 40.3 Å². The highest BCUT2D eigenvalue weighted by Gasteiger charge is 2.13. The standard InChI is InChI=1S/C26H29ClO5S/c1-4-7-20-22(10-9-19-16-18(5-2)26(29)32-25(19)20)31-12-6-13-33-23-11-8-17(14-21(23)27)15-24(28)30-3/h8-11,14,16H,4-7,12-13,15H2,1-3H3. The van der Waals surface area contributed by atoms with Crippen LogP contribution in [0.2, 0.25) is 5.02 Å². The fraction of sp³-hybridized carbons (Fsp3) is 0.385. The molecule has 7 heteroatoms. The van der Waals surface area contributed by atoms with Crippen LogP contribution >= 0.6 is 23.4 Å². The van der Waals surface area contributed by atoms with Crippen LogP contribution in [0.25, 0.3) is 11.0 Å². The number of fused-ring (bicyclic) bond motifs is 1. The number of hydrogen-bond acceptors (Lipinski definition) is 6. The van der Waals surface area contributed by atoms with Gasteiger partial charge in [0.2, 0.25) is 0 Å². The molecule has 0 bridgehead atoms. The number of halogens is 1. The number of rotatable bonds is 11. The van der Waals surface area contributed by atoms with E-state index in [0.717, 1.165) is 52.2 Å². The van der Waals surface area contributed by atoms with Gasteiger partial charge in [-0.1, -0.05) is 37.9 Å². The van der Waals surface area contributed by atoms with E-state index in [-0.39, 0.29) is 18.0 Å². The van der Waals surface area contributed by atoms with Crippen LogP contribution in [0.15, 0.2) is 50.5 Å². The van der Waals surface area contributed by atoms with Gasteiger partial charge in [-0.2, -0.15) is 0 Å². The first-order chi connectivity index (χ1) is 16.0. The maximum atomic E-state index is 12.2. The van der Waals surface area contributed by atoms with Gasteiger partial charge in [0, 0.05) is 27.2 Å². The molecule has 2 aromatic carbocycles. The van der Waals surface area contributed by atoms with Crippen LogP contribution in [-0.2, 0) is 28.8 Å². The average molecular weight is 489 g/mol. The predicted octanol–water partition coefficient (Wildman–Crippen LogP) is 6.24. The van der Waals surface area contributed by atoms with Crippen molar-refractivity contribution in [1.82, 2.24) is 0 Å². The number of carbonyl (C=O) groups excluding carboxylic acids is 1. The topological polar surface area (TPSA) is 65.7 Å². The van der Waals surface area contributed by atoms with Crippen molar-refractivity contribution in [2.24, 2.45) is 0 Å². The SMILES string of the molecule is CCCc1c(OCCCSc2ccc(CC(=O)OC)cc2Cl)ccc2cc(CC)c(=O)oc12. The number of carbonyl (C=O) groups is 1. The molecule has 0 unspecified atom stereocenters. The van der Waals surface area contributed by atoms with Crippen LogP contribution < -0.4 is 10.4 Å². The summed E-state index contributed by atoms with van der Waals surface area (Å²) in [6.07, 6.45) is 3.39. The van der Waals surface area contributed by atoms with Gasteiger partial charge in [-0.25, -0.2) is 4.79 Å².